The predicted octanol–water partition coefficient (Wildman–Crippen LogP) is 2.01. The van der Waals surface area contributed by atoms with Crippen LogP contribution in [0.1, 0.15) is 39.5 Å². The van der Waals surface area contributed by atoms with Crippen molar-refractivity contribution in [3.05, 3.63) is 0 Å². The molecule has 5 nitrogen and oxygen atoms in total. The molecule has 0 aliphatic heterocycles. The number of rotatable bonds is 4. The molecule has 0 saturated heterocycles. The maximum absolute atomic E-state index is 11.4. The van der Waals surface area contributed by atoms with Gasteiger partial charge in [0, 0.05) is 6.54 Å². The number of alkyl carbamates (subject to hydrolysis) is 1. The van der Waals surface area contributed by atoms with Gasteiger partial charge in [-0.1, -0.05) is 6.92 Å². The van der Waals surface area contributed by atoms with Crippen molar-refractivity contribution >= 4 is 12.1 Å². The van der Waals surface area contributed by atoms with E-state index in [1.54, 1.807) is 6.92 Å². The minimum atomic E-state index is -0.818. The van der Waals surface area contributed by atoms with Gasteiger partial charge in [0.2, 0.25) is 0 Å². The van der Waals surface area contributed by atoms with Crippen LogP contribution in [0, 0.1) is 11.3 Å². The maximum Gasteiger partial charge on any atom is 0.407 e. The zero-order valence-electron chi connectivity index (χ0n) is 10.5. The van der Waals surface area contributed by atoms with Crippen LogP contribution in [0.15, 0.2) is 0 Å². The Labute approximate surface area is 102 Å². The molecule has 0 aromatic rings. The lowest BCUT2D eigenvalue weighted by molar-refractivity contribution is -0.151. The van der Waals surface area contributed by atoms with Crippen molar-refractivity contribution < 1.29 is 19.4 Å². The molecule has 0 bridgehead atoms. The highest BCUT2D eigenvalue weighted by atomic mass is 16.5. The van der Waals surface area contributed by atoms with Gasteiger partial charge < -0.3 is 15.2 Å². The minimum Gasteiger partial charge on any atom is -0.481 e. The topological polar surface area (TPSA) is 75.6 Å². The quantitative estimate of drug-likeness (QED) is 0.792. The van der Waals surface area contributed by atoms with Gasteiger partial charge in [-0.3, -0.25) is 4.79 Å². The first kappa shape index (κ1) is 13.8. The molecule has 0 radical (unpaired) electrons. The van der Waals surface area contributed by atoms with Gasteiger partial charge in [-0.2, -0.15) is 0 Å². The Kier molecular flexibility index (Phi) is 4.78. The van der Waals surface area contributed by atoms with Gasteiger partial charge in [0.1, 0.15) is 0 Å². The lowest BCUT2D eigenvalue weighted by Crippen LogP contribution is -2.45. The average molecular weight is 243 g/mol. The Bertz CT molecular complexity index is 282. The molecular formula is C12H21NO4. The minimum absolute atomic E-state index is 0.161. The van der Waals surface area contributed by atoms with Crippen LogP contribution < -0.4 is 5.32 Å². The fourth-order valence-corrected chi connectivity index (χ4v) is 2.20. The highest BCUT2D eigenvalue weighted by Gasteiger charge is 2.41. The lowest BCUT2D eigenvalue weighted by atomic mass is 9.71. The number of aliphatic carboxylic acids is 1. The van der Waals surface area contributed by atoms with E-state index < -0.39 is 17.5 Å². The molecule has 0 unspecified atom stereocenters. The number of nitrogens with one attached hydrogen (secondary N) is 1. The second-order valence-electron chi connectivity index (χ2n) is 4.84. The Balaban J connectivity index is 2.54. The Morgan fingerprint density at radius 3 is 2.47 bits per heavy atom. The summed E-state index contributed by atoms with van der Waals surface area (Å²) in [6.07, 6.45) is 2.51. The van der Waals surface area contributed by atoms with Crippen molar-refractivity contribution in [3.63, 3.8) is 0 Å². The standard InChI is InChI=1S/C12H21NO4/c1-3-17-11(16)13-8-12(10(14)15)6-4-9(2)5-7-12/h9H,3-8H2,1-2H3,(H,13,16)(H,14,15). The summed E-state index contributed by atoms with van der Waals surface area (Å²) < 4.78 is 4.74. The van der Waals surface area contributed by atoms with E-state index in [-0.39, 0.29) is 6.54 Å². The van der Waals surface area contributed by atoms with Gasteiger partial charge in [0.15, 0.2) is 0 Å². The Morgan fingerprint density at radius 2 is 2.00 bits per heavy atom. The van der Waals surface area contributed by atoms with Crippen LogP contribution in [-0.4, -0.2) is 30.3 Å². The van der Waals surface area contributed by atoms with Gasteiger partial charge in [-0.25, -0.2) is 4.79 Å². The van der Waals surface area contributed by atoms with Gasteiger partial charge in [0.25, 0.3) is 0 Å². The summed E-state index contributed by atoms with van der Waals surface area (Å²) in [5.41, 5.74) is -0.806. The summed E-state index contributed by atoms with van der Waals surface area (Å²) in [5, 5.41) is 11.9. The number of hydrogen-bond acceptors (Lipinski definition) is 3. The van der Waals surface area contributed by atoms with Crippen molar-refractivity contribution in [1.82, 2.24) is 5.32 Å². The van der Waals surface area contributed by atoms with Crippen molar-refractivity contribution in [2.24, 2.45) is 11.3 Å². The lowest BCUT2D eigenvalue weighted by Gasteiger charge is -2.35. The highest BCUT2D eigenvalue weighted by Crippen LogP contribution is 2.38. The summed E-state index contributed by atoms with van der Waals surface area (Å²) in [6, 6.07) is 0. The van der Waals surface area contributed by atoms with E-state index in [0.717, 1.165) is 12.8 Å². The number of carboxylic acid groups (broad SMARTS) is 1. The van der Waals surface area contributed by atoms with Crippen LogP contribution >= 0.6 is 0 Å². The summed E-state index contributed by atoms with van der Waals surface area (Å²) in [4.78, 5) is 22.5. The molecule has 0 aromatic heterocycles. The van der Waals surface area contributed by atoms with Crippen molar-refractivity contribution in [1.29, 1.82) is 0 Å². The van der Waals surface area contributed by atoms with E-state index in [4.69, 9.17) is 4.74 Å². The monoisotopic (exact) mass is 243 g/mol. The fourth-order valence-electron chi connectivity index (χ4n) is 2.20. The summed E-state index contributed by atoms with van der Waals surface area (Å²) in [6.45, 7) is 4.30. The molecule has 1 fully saturated rings. The average Bonchev–Trinajstić information content (AvgIpc) is 2.29. The molecule has 1 amide bonds. The molecule has 0 spiro atoms. The van der Waals surface area contributed by atoms with E-state index in [0.29, 0.717) is 25.4 Å². The van der Waals surface area contributed by atoms with Gasteiger partial charge >= 0.3 is 12.1 Å². The first-order valence-electron chi connectivity index (χ1n) is 6.14. The third-order valence-corrected chi connectivity index (χ3v) is 3.53. The van der Waals surface area contributed by atoms with Gasteiger partial charge in [0.05, 0.1) is 12.0 Å². The molecular weight excluding hydrogens is 222 g/mol. The zero-order valence-corrected chi connectivity index (χ0v) is 10.5. The predicted molar refractivity (Wildman–Crippen MR) is 62.7 cm³/mol. The molecule has 0 heterocycles. The van der Waals surface area contributed by atoms with E-state index in [2.05, 4.69) is 12.2 Å². The van der Waals surface area contributed by atoms with Gasteiger partial charge in [-0.15, -0.1) is 0 Å². The van der Waals surface area contributed by atoms with Crippen LogP contribution in [0.5, 0.6) is 0 Å². The third-order valence-electron chi connectivity index (χ3n) is 3.53. The summed E-state index contributed by atoms with van der Waals surface area (Å²) in [5.74, 6) is -0.244. The van der Waals surface area contributed by atoms with E-state index in [1.807, 2.05) is 0 Å². The molecule has 0 aromatic carbocycles. The number of carbonyl (C=O) groups is 2. The molecule has 1 saturated carbocycles. The van der Waals surface area contributed by atoms with Crippen LogP contribution in [-0.2, 0) is 9.53 Å². The Morgan fingerprint density at radius 1 is 1.41 bits per heavy atom. The molecule has 1 rings (SSSR count). The van der Waals surface area contributed by atoms with E-state index in [1.165, 1.54) is 0 Å². The number of carbonyl (C=O) groups excluding carboxylic acids is 1. The van der Waals surface area contributed by atoms with Crippen LogP contribution in [0.25, 0.3) is 0 Å². The SMILES string of the molecule is CCOC(=O)NCC1(C(=O)O)CCC(C)CC1. The van der Waals surface area contributed by atoms with Crippen molar-refractivity contribution in [2.45, 2.75) is 39.5 Å². The summed E-state index contributed by atoms with van der Waals surface area (Å²) >= 11 is 0. The first-order valence-corrected chi connectivity index (χ1v) is 6.14. The molecule has 2 N–H and O–H groups in total. The molecule has 5 heteroatoms. The second-order valence-corrected chi connectivity index (χ2v) is 4.84. The molecule has 1 aliphatic carbocycles. The molecule has 98 valence electrons. The van der Waals surface area contributed by atoms with Crippen LogP contribution in [0.2, 0.25) is 0 Å². The van der Waals surface area contributed by atoms with Gasteiger partial charge in [-0.05, 0) is 38.5 Å². The molecule has 17 heavy (non-hydrogen) atoms. The zero-order chi connectivity index (χ0) is 12.9. The smallest absolute Gasteiger partial charge is 0.407 e. The first-order chi connectivity index (χ1) is 8.00. The van der Waals surface area contributed by atoms with Crippen LogP contribution in [0.4, 0.5) is 4.79 Å². The second kappa shape index (κ2) is 5.89. The Hall–Kier alpha value is -1.26. The highest BCUT2D eigenvalue weighted by molar-refractivity contribution is 5.76. The largest absolute Gasteiger partial charge is 0.481 e. The summed E-state index contributed by atoms with van der Waals surface area (Å²) in [7, 11) is 0. The van der Waals surface area contributed by atoms with Crippen molar-refractivity contribution in [3.8, 4) is 0 Å². The van der Waals surface area contributed by atoms with Crippen molar-refractivity contribution in [2.75, 3.05) is 13.2 Å². The molecule has 0 atom stereocenters. The maximum atomic E-state index is 11.4. The third kappa shape index (κ3) is 3.61. The normalized spacial score (nSPS) is 28.5. The number of amides is 1. The molecule has 1 aliphatic rings. The van der Waals surface area contributed by atoms with E-state index >= 15 is 0 Å². The van der Waals surface area contributed by atoms with Crippen LogP contribution in [0.3, 0.4) is 0 Å². The number of hydrogen-bond donors (Lipinski definition) is 2. The number of carboxylic acids is 1. The van der Waals surface area contributed by atoms with E-state index in [9.17, 15) is 14.7 Å². The fraction of sp³-hybridized carbons (Fsp3) is 0.833. The number of ether oxygens (including phenoxy) is 1.